The molecule has 18 heavy (non-hydrogen) atoms. The zero-order chi connectivity index (χ0) is 12.7. The summed E-state index contributed by atoms with van der Waals surface area (Å²) >= 11 is 19.9. The van der Waals surface area contributed by atoms with Gasteiger partial charge in [-0.05, 0) is 17.7 Å². The molecular formula is C13H9Cl3OS. The van der Waals surface area contributed by atoms with Crippen molar-refractivity contribution in [2.24, 2.45) is 0 Å². The maximum Gasteiger partial charge on any atom is 0.123 e. The normalized spacial score (nSPS) is 19.4. The van der Waals surface area contributed by atoms with Gasteiger partial charge in [0.05, 0.1) is 14.0 Å². The molecule has 0 bridgehead atoms. The average molecular weight is 320 g/mol. The molecule has 0 fully saturated rings. The predicted molar refractivity (Wildman–Crippen MR) is 77.5 cm³/mol. The lowest BCUT2D eigenvalue weighted by Gasteiger charge is -2.16. The number of halogens is 3. The van der Waals surface area contributed by atoms with Crippen LogP contribution >= 0.6 is 46.1 Å². The molecule has 1 aromatic heterocycles. The Bertz CT molecular complexity index is 556. The third-order valence-corrected chi connectivity index (χ3v) is 5.01. The Morgan fingerprint density at radius 1 is 1.28 bits per heavy atom. The summed E-state index contributed by atoms with van der Waals surface area (Å²) in [5.74, 6) is 0.908. The van der Waals surface area contributed by atoms with Crippen molar-refractivity contribution in [3.8, 4) is 5.75 Å². The topological polar surface area (TPSA) is 9.23 Å². The van der Waals surface area contributed by atoms with Crippen LogP contribution in [-0.4, -0.2) is 6.10 Å². The number of thiophene rings is 1. The van der Waals surface area contributed by atoms with Gasteiger partial charge in [0.25, 0.3) is 0 Å². The molecule has 0 radical (unpaired) electrons. The monoisotopic (exact) mass is 318 g/mol. The van der Waals surface area contributed by atoms with E-state index in [-0.39, 0.29) is 11.5 Å². The quantitative estimate of drug-likeness (QED) is 0.679. The van der Waals surface area contributed by atoms with Crippen molar-refractivity contribution >= 4 is 46.1 Å². The summed E-state index contributed by atoms with van der Waals surface area (Å²) in [5.41, 5.74) is 2.04. The summed E-state index contributed by atoms with van der Waals surface area (Å²) in [4.78, 5) is 0. The smallest absolute Gasteiger partial charge is 0.123 e. The first-order valence-corrected chi connectivity index (χ1v) is 7.49. The second-order valence-corrected chi connectivity index (χ2v) is 6.91. The van der Waals surface area contributed by atoms with Gasteiger partial charge >= 0.3 is 0 Å². The Morgan fingerprint density at radius 2 is 2.06 bits per heavy atom. The summed E-state index contributed by atoms with van der Waals surface area (Å²) in [6.07, 6.45) is 0.709. The van der Waals surface area contributed by atoms with Gasteiger partial charge in [0.15, 0.2) is 0 Å². The lowest BCUT2D eigenvalue weighted by atomic mass is 10.0. The van der Waals surface area contributed by atoms with E-state index in [0.717, 1.165) is 17.7 Å². The summed E-state index contributed by atoms with van der Waals surface area (Å²) in [6, 6.07) is 9.79. The number of alkyl halides is 1. The van der Waals surface area contributed by atoms with Crippen molar-refractivity contribution in [1.29, 1.82) is 0 Å². The highest BCUT2D eigenvalue weighted by Crippen LogP contribution is 2.43. The molecule has 2 atom stereocenters. The molecule has 2 heterocycles. The van der Waals surface area contributed by atoms with Gasteiger partial charge in [-0.3, -0.25) is 0 Å². The molecule has 0 aliphatic carbocycles. The molecule has 1 nitrogen and oxygen atoms in total. The van der Waals surface area contributed by atoms with E-state index < -0.39 is 0 Å². The number of para-hydroxylation sites is 1. The molecule has 0 N–H and O–H groups in total. The number of benzene rings is 1. The van der Waals surface area contributed by atoms with E-state index in [1.54, 1.807) is 0 Å². The molecule has 1 aliphatic heterocycles. The van der Waals surface area contributed by atoms with Crippen LogP contribution < -0.4 is 4.74 Å². The second-order valence-electron chi connectivity index (χ2n) is 4.15. The lowest BCUT2D eigenvalue weighted by molar-refractivity contribution is 0.227. The van der Waals surface area contributed by atoms with Crippen LogP contribution in [0.15, 0.2) is 30.3 Å². The van der Waals surface area contributed by atoms with E-state index in [4.69, 9.17) is 39.5 Å². The van der Waals surface area contributed by atoms with Gasteiger partial charge in [-0.15, -0.1) is 22.9 Å². The summed E-state index contributed by atoms with van der Waals surface area (Å²) in [7, 11) is 0. The Balaban J connectivity index is 1.84. The molecule has 0 saturated heterocycles. The first-order chi connectivity index (χ1) is 8.65. The van der Waals surface area contributed by atoms with Crippen molar-refractivity contribution in [3.63, 3.8) is 0 Å². The fourth-order valence-electron chi connectivity index (χ4n) is 2.11. The van der Waals surface area contributed by atoms with E-state index >= 15 is 0 Å². The van der Waals surface area contributed by atoms with E-state index in [1.165, 1.54) is 16.9 Å². The Labute approximate surface area is 124 Å². The van der Waals surface area contributed by atoms with Crippen LogP contribution in [0, 0.1) is 0 Å². The molecule has 1 aromatic carbocycles. The molecule has 2 aromatic rings. The van der Waals surface area contributed by atoms with Gasteiger partial charge in [-0.1, -0.05) is 41.4 Å². The highest BCUT2D eigenvalue weighted by atomic mass is 35.5. The predicted octanol–water partition coefficient (Wildman–Crippen LogP) is 5.34. The van der Waals surface area contributed by atoms with Crippen LogP contribution in [0.25, 0.3) is 0 Å². The van der Waals surface area contributed by atoms with Gasteiger partial charge < -0.3 is 4.74 Å². The van der Waals surface area contributed by atoms with Crippen LogP contribution in [-0.2, 0) is 6.42 Å². The highest BCUT2D eigenvalue weighted by Gasteiger charge is 2.31. The van der Waals surface area contributed by atoms with Crippen LogP contribution in [0.4, 0.5) is 0 Å². The maximum absolute atomic E-state index is 6.46. The summed E-state index contributed by atoms with van der Waals surface area (Å²) in [5, 5.41) is -0.284. The zero-order valence-electron chi connectivity index (χ0n) is 9.20. The van der Waals surface area contributed by atoms with Crippen LogP contribution in [0.2, 0.25) is 8.67 Å². The first-order valence-electron chi connectivity index (χ1n) is 5.48. The van der Waals surface area contributed by atoms with Crippen LogP contribution in [0.1, 0.15) is 16.5 Å². The SMILES string of the molecule is Clc1cc(C(Cl)C2Cc3ccccc3O2)c(Cl)s1. The van der Waals surface area contributed by atoms with E-state index in [1.807, 2.05) is 24.3 Å². The van der Waals surface area contributed by atoms with E-state index in [0.29, 0.717) is 8.67 Å². The molecule has 0 saturated carbocycles. The Morgan fingerprint density at radius 3 is 2.72 bits per heavy atom. The van der Waals surface area contributed by atoms with Gasteiger partial charge in [0.2, 0.25) is 0 Å². The molecule has 0 amide bonds. The minimum absolute atomic E-state index is 0.0905. The third-order valence-electron chi connectivity index (χ3n) is 2.98. The Kier molecular flexibility index (Phi) is 3.46. The first kappa shape index (κ1) is 12.6. The highest BCUT2D eigenvalue weighted by molar-refractivity contribution is 7.20. The zero-order valence-corrected chi connectivity index (χ0v) is 12.3. The Hall–Kier alpha value is -0.410. The number of ether oxygens (including phenoxy) is 1. The number of fused-ring (bicyclic) bond motifs is 1. The molecule has 0 spiro atoms. The minimum atomic E-state index is -0.284. The maximum atomic E-state index is 6.46. The second kappa shape index (κ2) is 4.93. The minimum Gasteiger partial charge on any atom is -0.488 e. The van der Waals surface area contributed by atoms with Gasteiger partial charge in [-0.2, -0.15) is 0 Å². The number of rotatable bonds is 2. The van der Waals surface area contributed by atoms with Gasteiger partial charge in [0, 0.05) is 12.0 Å². The van der Waals surface area contributed by atoms with E-state index in [2.05, 4.69) is 6.07 Å². The molecule has 94 valence electrons. The van der Waals surface area contributed by atoms with Crippen LogP contribution in [0.5, 0.6) is 5.75 Å². The molecule has 5 heteroatoms. The molecule has 2 unspecified atom stereocenters. The van der Waals surface area contributed by atoms with Crippen molar-refractivity contribution in [2.75, 3.05) is 0 Å². The third kappa shape index (κ3) is 2.23. The lowest BCUT2D eigenvalue weighted by Crippen LogP contribution is -2.19. The van der Waals surface area contributed by atoms with Gasteiger partial charge in [-0.25, -0.2) is 0 Å². The number of hydrogen-bond acceptors (Lipinski definition) is 2. The van der Waals surface area contributed by atoms with Crippen molar-refractivity contribution in [1.82, 2.24) is 0 Å². The fraction of sp³-hybridized carbons (Fsp3) is 0.231. The molecule has 1 aliphatic rings. The summed E-state index contributed by atoms with van der Waals surface area (Å²) < 4.78 is 7.15. The fourth-order valence-corrected chi connectivity index (χ4v) is 4.10. The van der Waals surface area contributed by atoms with E-state index in [9.17, 15) is 0 Å². The standard InChI is InChI=1S/C13H9Cl3OS/c14-11-6-8(13(16)18-11)12(15)10-5-7-3-1-2-4-9(7)17-10/h1-4,6,10,12H,5H2. The molecule has 3 rings (SSSR count). The van der Waals surface area contributed by atoms with Crippen molar-refractivity contribution in [3.05, 3.63) is 50.1 Å². The average Bonchev–Trinajstić information content (AvgIpc) is 2.91. The van der Waals surface area contributed by atoms with Crippen molar-refractivity contribution in [2.45, 2.75) is 17.9 Å². The van der Waals surface area contributed by atoms with Crippen molar-refractivity contribution < 1.29 is 4.74 Å². The largest absolute Gasteiger partial charge is 0.488 e. The number of hydrogen-bond donors (Lipinski definition) is 0. The van der Waals surface area contributed by atoms with Crippen LogP contribution in [0.3, 0.4) is 0 Å². The summed E-state index contributed by atoms with van der Waals surface area (Å²) in [6.45, 7) is 0. The molecular weight excluding hydrogens is 311 g/mol. The van der Waals surface area contributed by atoms with Gasteiger partial charge in [0.1, 0.15) is 11.9 Å².